The number of hydrogen-bond donors (Lipinski definition) is 0. The van der Waals surface area contributed by atoms with Gasteiger partial charge in [-0.2, -0.15) is 22.7 Å². The third kappa shape index (κ3) is 3.65. The predicted molar refractivity (Wildman–Crippen MR) is 103 cm³/mol. The number of carbonyl (C=O) groups excluding carboxylic acids is 2. The molecule has 0 unspecified atom stereocenters. The van der Waals surface area contributed by atoms with Crippen molar-refractivity contribution >= 4 is 23.2 Å². The minimum absolute atomic E-state index is 0.0812. The molecule has 12 heteroatoms. The summed E-state index contributed by atoms with van der Waals surface area (Å²) in [7, 11) is 0. The van der Waals surface area contributed by atoms with Gasteiger partial charge < -0.3 is 4.90 Å². The third-order valence-electron chi connectivity index (χ3n) is 7.34. The van der Waals surface area contributed by atoms with Crippen LogP contribution < -0.4 is 0 Å². The molecule has 1 amide bonds. The van der Waals surface area contributed by atoms with Gasteiger partial charge in [0, 0.05) is 30.4 Å². The van der Waals surface area contributed by atoms with Gasteiger partial charge in [0.05, 0.1) is 37.3 Å². The minimum Gasteiger partial charge on any atom is -0.330 e. The van der Waals surface area contributed by atoms with Crippen molar-refractivity contribution in [2.24, 2.45) is 16.8 Å². The second kappa shape index (κ2) is 7.30. The van der Waals surface area contributed by atoms with Crippen LogP contribution in [0.3, 0.4) is 0 Å². The molecule has 4 aliphatic rings. The molecule has 0 spiro atoms. The second-order valence-electron chi connectivity index (χ2n) is 9.51. The highest BCUT2D eigenvalue weighted by molar-refractivity contribution is 6.16. The Bertz CT molecular complexity index is 1010. The zero-order chi connectivity index (χ0) is 23.8. The molecule has 1 aromatic rings. The van der Waals surface area contributed by atoms with Crippen molar-refractivity contribution in [3.05, 3.63) is 11.8 Å². The van der Waals surface area contributed by atoms with Crippen molar-refractivity contribution in [3.63, 3.8) is 0 Å². The van der Waals surface area contributed by atoms with Gasteiger partial charge >= 0.3 is 11.8 Å². The number of rotatable bonds is 3. The maximum atomic E-state index is 13.6. The van der Waals surface area contributed by atoms with E-state index in [1.807, 2.05) is 0 Å². The van der Waals surface area contributed by atoms with Crippen molar-refractivity contribution < 1.29 is 35.9 Å². The maximum Gasteiger partial charge on any atom is 0.329 e. The van der Waals surface area contributed by atoms with Crippen LogP contribution in [0.1, 0.15) is 61.3 Å². The highest BCUT2D eigenvalue weighted by Crippen LogP contribution is 2.46. The number of alkyl halides is 6. The van der Waals surface area contributed by atoms with Gasteiger partial charge in [-0.3, -0.25) is 9.59 Å². The molecule has 3 heterocycles. The number of amides is 1. The Balaban J connectivity index is 1.36. The van der Waals surface area contributed by atoms with Crippen molar-refractivity contribution in [2.75, 3.05) is 13.1 Å². The first-order valence-corrected chi connectivity index (χ1v) is 11.0. The SMILES string of the molecule is O=C1CC([C@H]2CC[C@@H]2C(=O)N2CC(F)(F)C(F)(F)C2)=Nc2c1cnn2C1CCC(F)(F)CC1. The molecular weight excluding hydrogens is 454 g/mol. The molecule has 2 saturated carbocycles. The van der Waals surface area contributed by atoms with Gasteiger partial charge in [-0.25, -0.2) is 18.5 Å². The maximum absolute atomic E-state index is 13.6. The lowest BCUT2D eigenvalue weighted by atomic mass is 9.69. The molecule has 6 nitrogen and oxygen atoms in total. The Morgan fingerprint density at radius 1 is 0.970 bits per heavy atom. The summed E-state index contributed by atoms with van der Waals surface area (Å²) in [5, 5.41) is 4.21. The average Bonchev–Trinajstić information content (AvgIpc) is 3.19. The van der Waals surface area contributed by atoms with Crippen LogP contribution >= 0.6 is 0 Å². The van der Waals surface area contributed by atoms with Gasteiger partial charge in [0.15, 0.2) is 11.6 Å². The first-order chi connectivity index (χ1) is 15.4. The average molecular weight is 476 g/mol. The summed E-state index contributed by atoms with van der Waals surface area (Å²) in [6, 6.07) is -0.336. The van der Waals surface area contributed by atoms with Gasteiger partial charge in [-0.05, 0) is 25.7 Å². The van der Waals surface area contributed by atoms with Crippen LogP contribution in [0, 0.1) is 11.8 Å². The van der Waals surface area contributed by atoms with E-state index >= 15 is 0 Å². The monoisotopic (exact) mass is 476 g/mol. The van der Waals surface area contributed by atoms with Crippen LogP contribution in [0.15, 0.2) is 11.2 Å². The van der Waals surface area contributed by atoms with Gasteiger partial charge in [0.1, 0.15) is 0 Å². The fourth-order valence-corrected chi connectivity index (χ4v) is 5.20. The van der Waals surface area contributed by atoms with E-state index in [1.165, 1.54) is 10.9 Å². The number of fused-ring (bicyclic) bond motifs is 1. The summed E-state index contributed by atoms with van der Waals surface area (Å²) in [6.07, 6.45) is 1.87. The molecule has 2 aliphatic heterocycles. The summed E-state index contributed by atoms with van der Waals surface area (Å²) >= 11 is 0. The van der Waals surface area contributed by atoms with Gasteiger partial charge in [0.25, 0.3) is 0 Å². The lowest BCUT2D eigenvalue weighted by molar-refractivity contribution is -0.172. The Morgan fingerprint density at radius 3 is 2.18 bits per heavy atom. The molecule has 33 heavy (non-hydrogen) atoms. The van der Waals surface area contributed by atoms with Crippen LogP contribution in [0.2, 0.25) is 0 Å². The van der Waals surface area contributed by atoms with E-state index in [-0.39, 0.29) is 55.3 Å². The zero-order valence-electron chi connectivity index (χ0n) is 17.5. The summed E-state index contributed by atoms with van der Waals surface area (Å²) < 4.78 is 82.8. The molecule has 2 aliphatic carbocycles. The molecule has 180 valence electrons. The van der Waals surface area contributed by atoms with Crippen LogP contribution in [0.5, 0.6) is 0 Å². The number of ketones is 1. The molecule has 0 bridgehead atoms. The minimum atomic E-state index is -4.28. The highest BCUT2D eigenvalue weighted by atomic mass is 19.3. The van der Waals surface area contributed by atoms with Crippen molar-refractivity contribution in [1.82, 2.24) is 14.7 Å². The van der Waals surface area contributed by atoms with Gasteiger partial charge in [-0.1, -0.05) is 0 Å². The fourth-order valence-electron chi connectivity index (χ4n) is 5.20. The van der Waals surface area contributed by atoms with E-state index < -0.39 is 48.6 Å². The number of hydrogen-bond acceptors (Lipinski definition) is 4. The van der Waals surface area contributed by atoms with Gasteiger partial charge in [-0.15, -0.1) is 0 Å². The summed E-state index contributed by atoms with van der Waals surface area (Å²) in [6.45, 7) is -2.67. The largest absolute Gasteiger partial charge is 0.330 e. The van der Waals surface area contributed by atoms with Crippen LogP contribution in [-0.4, -0.2) is 62.9 Å². The van der Waals surface area contributed by atoms with E-state index in [9.17, 15) is 35.9 Å². The Kier molecular flexibility index (Phi) is 4.95. The smallest absolute Gasteiger partial charge is 0.329 e. The molecule has 1 saturated heterocycles. The van der Waals surface area contributed by atoms with Crippen molar-refractivity contribution in [3.8, 4) is 0 Å². The van der Waals surface area contributed by atoms with E-state index in [0.29, 0.717) is 23.5 Å². The Morgan fingerprint density at radius 2 is 1.61 bits per heavy atom. The number of carbonyl (C=O) groups is 2. The Hall–Kier alpha value is -2.40. The lowest BCUT2D eigenvalue weighted by Gasteiger charge is -2.39. The third-order valence-corrected chi connectivity index (χ3v) is 7.34. The highest BCUT2D eigenvalue weighted by Gasteiger charge is 2.64. The Labute approximate surface area is 185 Å². The standard InChI is InChI=1S/C21H22F6N4O2/c22-19(23)5-3-11(4-6-19)31-17-14(8-28-31)16(32)7-15(29-17)12-1-2-13(12)18(33)30-9-20(24,25)21(26,27)10-30/h8,11-13H,1-7,9-10H2/t12-,13-/m0/s1. The number of halogens is 6. The molecule has 0 N–H and O–H groups in total. The number of Topliss-reactive ketones (excluding diaryl/α,β-unsaturated/α-hetero) is 1. The predicted octanol–water partition coefficient (Wildman–Crippen LogP) is 4.43. The van der Waals surface area contributed by atoms with Crippen LogP contribution in [0.4, 0.5) is 32.2 Å². The normalized spacial score (nSPS) is 30.5. The van der Waals surface area contributed by atoms with Crippen molar-refractivity contribution in [1.29, 1.82) is 0 Å². The summed E-state index contributed by atoms with van der Waals surface area (Å²) in [5.41, 5.74) is 0.662. The molecule has 0 aromatic carbocycles. The lowest BCUT2D eigenvalue weighted by Crippen LogP contribution is -2.46. The number of aromatic nitrogens is 2. The van der Waals surface area contributed by atoms with E-state index in [0.717, 1.165) is 0 Å². The van der Waals surface area contributed by atoms with Crippen LogP contribution in [0.25, 0.3) is 0 Å². The topological polar surface area (TPSA) is 67.6 Å². The molecule has 1 aromatic heterocycles. The first-order valence-electron chi connectivity index (χ1n) is 11.0. The fraction of sp³-hybridized carbons (Fsp3) is 0.714. The molecule has 2 atom stereocenters. The van der Waals surface area contributed by atoms with E-state index in [4.69, 9.17) is 0 Å². The molecule has 0 radical (unpaired) electrons. The number of nitrogens with zero attached hydrogens (tertiary/aromatic N) is 4. The molecule has 5 rings (SSSR count). The van der Waals surface area contributed by atoms with E-state index in [2.05, 4.69) is 10.1 Å². The molecular formula is C21H22F6N4O2. The molecule has 3 fully saturated rings. The summed E-state index contributed by atoms with van der Waals surface area (Å²) in [4.78, 5) is 30.5. The van der Waals surface area contributed by atoms with Gasteiger partial charge in [0.2, 0.25) is 11.8 Å². The van der Waals surface area contributed by atoms with Crippen LogP contribution in [-0.2, 0) is 4.79 Å². The summed E-state index contributed by atoms with van der Waals surface area (Å²) in [5.74, 6) is -13.4. The first kappa shape index (κ1) is 22.4. The van der Waals surface area contributed by atoms with Crippen molar-refractivity contribution in [2.45, 2.75) is 68.8 Å². The zero-order valence-corrected chi connectivity index (χ0v) is 17.5. The second-order valence-corrected chi connectivity index (χ2v) is 9.51. The number of aliphatic imine (C=N–C) groups is 1. The quantitative estimate of drug-likeness (QED) is 0.607. The number of likely N-dealkylation sites (tertiary alicyclic amines) is 1. The van der Waals surface area contributed by atoms with E-state index in [1.54, 1.807) is 0 Å².